The average molecular weight is 343 g/mol. The molecule has 2 N–H and O–H groups in total. The molecule has 0 fully saturated rings. The summed E-state index contributed by atoms with van der Waals surface area (Å²) in [5.41, 5.74) is 4.48. The van der Waals surface area contributed by atoms with Gasteiger partial charge in [0.05, 0.1) is 17.6 Å². The fourth-order valence-corrected chi connectivity index (χ4v) is 2.80. The lowest BCUT2D eigenvalue weighted by atomic mass is 10.1. The number of carbonyl (C=O) groups is 1. The van der Waals surface area contributed by atoms with E-state index in [1.807, 2.05) is 35.9 Å². The monoisotopic (exact) mass is 343 g/mol. The van der Waals surface area contributed by atoms with Gasteiger partial charge in [-0.3, -0.25) is 4.79 Å². The number of amides is 1. The molecule has 6 nitrogen and oxygen atoms in total. The summed E-state index contributed by atoms with van der Waals surface area (Å²) < 4.78 is 1.93. The molecule has 0 bridgehead atoms. The van der Waals surface area contributed by atoms with Crippen molar-refractivity contribution in [2.75, 3.05) is 7.05 Å². The second-order valence-electron chi connectivity index (χ2n) is 6.18. The van der Waals surface area contributed by atoms with E-state index in [2.05, 4.69) is 27.8 Å². The first-order valence-corrected chi connectivity index (χ1v) is 9.15. The van der Waals surface area contributed by atoms with Crippen molar-refractivity contribution in [3.8, 4) is 0 Å². The van der Waals surface area contributed by atoms with Crippen LogP contribution in [-0.2, 0) is 17.9 Å². The van der Waals surface area contributed by atoms with Crippen molar-refractivity contribution in [3.63, 3.8) is 0 Å². The lowest BCUT2D eigenvalue weighted by molar-refractivity contribution is -0.121. The van der Waals surface area contributed by atoms with Crippen LogP contribution in [0.4, 0.5) is 0 Å². The van der Waals surface area contributed by atoms with Gasteiger partial charge >= 0.3 is 0 Å². The van der Waals surface area contributed by atoms with Gasteiger partial charge in [-0.2, -0.15) is 5.10 Å². The van der Waals surface area contributed by atoms with Crippen molar-refractivity contribution in [2.45, 2.75) is 58.5 Å². The number of hydrogen-bond acceptors (Lipinski definition) is 4. The molecule has 0 aliphatic heterocycles. The van der Waals surface area contributed by atoms with E-state index in [0.717, 1.165) is 29.7 Å². The fraction of sp³-hybridized carbons (Fsp3) is 0.526. The molecule has 136 valence electrons. The minimum Gasteiger partial charge on any atom is -0.317 e. The van der Waals surface area contributed by atoms with Crippen molar-refractivity contribution in [2.24, 2.45) is 5.10 Å². The van der Waals surface area contributed by atoms with Gasteiger partial charge in [0.2, 0.25) is 0 Å². The first-order valence-electron chi connectivity index (χ1n) is 9.15. The third-order valence-corrected chi connectivity index (χ3v) is 4.09. The van der Waals surface area contributed by atoms with Crippen molar-refractivity contribution in [1.82, 2.24) is 20.3 Å². The highest BCUT2D eigenvalue weighted by Gasteiger charge is 2.12. The fourth-order valence-electron chi connectivity index (χ4n) is 2.80. The Kier molecular flexibility index (Phi) is 8.12. The number of nitrogens with one attached hydrogen (secondary N) is 2. The van der Waals surface area contributed by atoms with Crippen molar-refractivity contribution in [1.29, 1.82) is 0 Å². The zero-order valence-electron chi connectivity index (χ0n) is 15.3. The SMILES string of the molecule is CCCCCCC/C=N/NC(=O)Cn1c(CNC)nc2ccccc21. The minimum absolute atomic E-state index is 0.136. The number of imidazole rings is 1. The van der Waals surface area contributed by atoms with E-state index in [0.29, 0.717) is 6.54 Å². The van der Waals surface area contributed by atoms with Crippen LogP contribution in [0.2, 0.25) is 0 Å². The molecule has 0 atom stereocenters. The highest BCUT2D eigenvalue weighted by molar-refractivity contribution is 5.81. The van der Waals surface area contributed by atoms with Crippen LogP contribution in [0.1, 0.15) is 51.3 Å². The highest BCUT2D eigenvalue weighted by atomic mass is 16.2. The quantitative estimate of drug-likeness (QED) is 0.374. The van der Waals surface area contributed by atoms with Crippen molar-refractivity contribution < 1.29 is 4.79 Å². The van der Waals surface area contributed by atoms with Crippen LogP contribution in [0.3, 0.4) is 0 Å². The van der Waals surface area contributed by atoms with Gasteiger partial charge in [-0.25, -0.2) is 10.4 Å². The van der Waals surface area contributed by atoms with Crippen LogP contribution < -0.4 is 10.7 Å². The first kappa shape index (κ1) is 19.1. The lowest BCUT2D eigenvalue weighted by Gasteiger charge is -2.07. The molecule has 0 aliphatic carbocycles. The number of fused-ring (bicyclic) bond motifs is 1. The number of hydrogen-bond donors (Lipinski definition) is 2. The zero-order valence-corrected chi connectivity index (χ0v) is 15.3. The normalized spacial score (nSPS) is 11.4. The highest BCUT2D eigenvalue weighted by Crippen LogP contribution is 2.15. The summed E-state index contributed by atoms with van der Waals surface area (Å²) in [7, 11) is 1.87. The molecule has 2 aromatic rings. The van der Waals surface area contributed by atoms with Gasteiger partial charge in [-0.05, 0) is 32.0 Å². The summed E-state index contributed by atoms with van der Waals surface area (Å²) in [5, 5.41) is 7.15. The van der Waals surface area contributed by atoms with Crippen molar-refractivity contribution in [3.05, 3.63) is 30.1 Å². The number of para-hydroxylation sites is 2. The summed E-state index contributed by atoms with van der Waals surface area (Å²) in [4.78, 5) is 16.8. The molecule has 0 aliphatic rings. The minimum atomic E-state index is -0.136. The van der Waals surface area contributed by atoms with Gasteiger partial charge in [0.25, 0.3) is 5.91 Å². The predicted molar refractivity (Wildman–Crippen MR) is 103 cm³/mol. The third kappa shape index (κ3) is 5.98. The van der Waals surface area contributed by atoms with E-state index in [9.17, 15) is 4.79 Å². The Morgan fingerprint density at radius 2 is 2.04 bits per heavy atom. The average Bonchev–Trinajstić information content (AvgIpc) is 2.95. The Morgan fingerprint density at radius 3 is 2.84 bits per heavy atom. The summed E-state index contributed by atoms with van der Waals surface area (Å²) in [5.74, 6) is 0.710. The van der Waals surface area contributed by atoms with Gasteiger partial charge in [-0.15, -0.1) is 0 Å². The maximum absolute atomic E-state index is 12.2. The van der Waals surface area contributed by atoms with E-state index < -0.39 is 0 Å². The van der Waals surface area contributed by atoms with E-state index in [1.54, 1.807) is 6.21 Å². The summed E-state index contributed by atoms with van der Waals surface area (Å²) in [6.07, 6.45) is 8.87. The van der Waals surface area contributed by atoms with Gasteiger partial charge in [0, 0.05) is 6.21 Å². The molecule has 0 unspecified atom stereocenters. The number of nitrogens with zero attached hydrogens (tertiary/aromatic N) is 3. The molecule has 1 aromatic carbocycles. The molecule has 25 heavy (non-hydrogen) atoms. The number of unbranched alkanes of at least 4 members (excludes halogenated alkanes) is 5. The molecule has 0 spiro atoms. The van der Waals surface area contributed by atoms with Crippen LogP contribution in [0, 0.1) is 0 Å². The topological polar surface area (TPSA) is 71.3 Å². The van der Waals surface area contributed by atoms with Gasteiger partial charge in [0.1, 0.15) is 12.4 Å². The first-order chi connectivity index (χ1) is 12.3. The maximum Gasteiger partial charge on any atom is 0.260 e. The van der Waals surface area contributed by atoms with Crippen LogP contribution in [0.15, 0.2) is 29.4 Å². The number of aromatic nitrogens is 2. The van der Waals surface area contributed by atoms with Crippen LogP contribution in [0.5, 0.6) is 0 Å². The number of hydrazone groups is 1. The molecule has 0 saturated carbocycles. The van der Waals surface area contributed by atoms with E-state index in [-0.39, 0.29) is 12.5 Å². The number of benzene rings is 1. The Morgan fingerprint density at radius 1 is 1.24 bits per heavy atom. The Bertz CT molecular complexity index is 692. The summed E-state index contributed by atoms with van der Waals surface area (Å²) in [6.45, 7) is 3.04. The largest absolute Gasteiger partial charge is 0.317 e. The van der Waals surface area contributed by atoms with Gasteiger partial charge in [0.15, 0.2) is 0 Å². The van der Waals surface area contributed by atoms with Gasteiger partial charge in [-0.1, -0.05) is 44.7 Å². The molecule has 0 saturated heterocycles. The van der Waals surface area contributed by atoms with Crippen LogP contribution in [0.25, 0.3) is 11.0 Å². The molecule has 1 aromatic heterocycles. The molecule has 0 radical (unpaired) electrons. The second kappa shape index (κ2) is 10.6. The lowest BCUT2D eigenvalue weighted by Crippen LogP contribution is -2.25. The molecule has 1 heterocycles. The number of rotatable bonds is 11. The van der Waals surface area contributed by atoms with Crippen LogP contribution in [-0.4, -0.2) is 28.7 Å². The molecule has 6 heteroatoms. The Labute approximate surface area is 149 Å². The maximum atomic E-state index is 12.2. The summed E-state index contributed by atoms with van der Waals surface area (Å²) in [6, 6.07) is 7.85. The van der Waals surface area contributed by atoms with E-state index in [4.69, 9.17) is 0 Å². The standard InChI is InChI=1S/C19H29N5O/c1-3-4-5-6-7-10-13-21-23-19(25)15-24-17-12-9-8-11-16(17)22-18(24)14-20-2/h8-9,11-13,20H,3-7,10,14-15H2,1-2H3,(H,23,25)/b21-13+. The molecular formula is C19H29N5O. The van der Waals surface area contributed by atoms with Gasteiger partial charge < -0.3 is 9.88 Å². The molecule has 2 rings (SSSR count). The van der Waals surface area contributed by atoms with Crippen LogP contribution >= 0.6 is 0 Å². The zero-order chi connectivity index (χ0) is 17.9. The van der Waals surface area contributed by atoms with E-state index >= 15 is 0 Å². The smallest absolute Gasteiger partial charge is 0.260 e. The molecular weight excluding hydrogens is 314 g/mol. The third-order valence-electron chi connectivity index (χ3n) is 4.09. The van der Waals surface area contributed by atoms with Crippen molar-refractivity contribution >= 4 is 23.2 Å². The predicted octanol–water partition coefficient (Wildman–Crippen LogP) is 3.22. The molecule has 1 amide bonds. The Hall–Kier alpha value is -2.21. The second-order valence-corrected chi connectivity index (χ2v) is 6.18. The van der Waals surface area contributed by atoms with E-state index in [1.165, 1.54) is 25.7 Å². The Balaban J connectivity index is 1.86. The number of carbonyl (C=O) groups excluding carboxylic acids is 1. The summed E-state index contributed by atoms with van der Waals surface area (Å²) >= 11 is 0.